The van der Waals surface area contributed by atoms with Crippen LogP contribution in [0, 0.1) is 3.57 Å². The van der Waals surface area contributed by atoms with E-state index < -0.39 is 0 Å². The summed E-state index contributed by atoms with van der Waals surface area (Å²) in [4.78, 5) is 13.7. The van der Waals surface area contributed by atoms with Gasteiger partial charge in [0.25, 0.3) is 0 Å². The Labute approximate surface area is 133 Å². The molecule has 4 nitrogen and oxygen atoms in total. The van der Waals surface area contributed by atoms with Crippen molar-refractivity contribution in [3.05, 3.63) is 40.0 Å². The standard InChI is InChI=1S/C15H20INO3/c1-3-5-10-20-15(19)17(9-4-2)13-8-6-7-12(11-18)14(13)16/h4,6-8,18H,2-3,5,9-11H2,1H3. The lowest BCUT2D eigenvalue weighted by Crippen LogP contribution is -2.32. The minimum absolute atomic E-state index is 0.0566. The van der Waals surface area contributed by atoms with Gasteiger partial charge in [-0.05, 0) is 40.6 Å². The van der Waals surface area contributed by atoms with Crippen LogP contribution in [-0.2, 0) is 11.3 Å². The molecule has 0 aliphatic carbocycles. The van der Waals surface area contributed by atoms with Gasteiger partial charge in [0.2, 0.25) is 0 Å². The molecule has 0 atom stereocenters. The molecular weight excluding hydrogens is 369 g/mol. The molecular formula is C15H20INO3. The van der Waals surface area contributed by atoms with Crippen LogP contribution in [0.2, 0.25) is 0 Å². The summed E-state index contributed by atoms with van der Waals surface area (Å²) >= 11 is 2.13. The first kappa shape index (κ1) is 17.0. The number of benzene rings is 1. The molecule has 0 aliphatic rings. The zero-order chi connectivity index (χ0) is 15.0. The molecule has 0 saturated heterocycles. The summed E-state index contributed by atoms with van der Waals surface area (Å²) in [6.07, 6.45) is 3.10. The highest BCUT2D eigenvalue weighted by molar-refractivity contribution is 14.1. The fraction of sp³-hybridized carbons (Fsp3) is 0.400. The van der Waals surface area contributed by atoms with Crippen LogP contribution in [0.15, 0.2) is 30.9 Å². The van der Waals surface area contributed by atoms with Crippen LogP contribution in [0.25, 0.3) is 0 Å². The highest BCUT2D eigenvalue weighted by Crippen LogP contribution is 2.26. The van der Waals surface area contributed by atoms with E-state index in [9.17, 15) is 9.90 Å². The van der Waals surface area contributed by atoms with Gasteiger partial charge in [-0.15, -0.1) is 6.58 Å². The number of hydrogen-bond donors (Lipinski definition) is 1. The Morgan fingerprint density at radius 2 is 2.30 bits per heavy atom. The normalized spacial score (nSPS) is 10.2. The lowest BCUT2D eigenvalue weighted by molar-refractivity contribution is 0.152. The fourth-order valence-corrected chi connectivity index (χ4v) is 2.50. The number of halogens is 1. The minimum atomic E-state index is -0.383. The van der Waals surface area contributed by atoms with Gasteiger partial charge in [0.15, 0.2) is 0 Å². The van der Waals surface area contributed by atoms with Crippen LogP contribution in [0.5, 0.6) is 0 Å². The van der Waals surface area contributed by atoms with Gasteiger partial charge in [-0.2, -0.15) is 0 Å². The van der Waals surface area contributed by atoms with Crippen LogP contribution in [0.3, 0.4) is 0 Å². The SMILES string of the molecule is C=CCN(C(=O)OCCCC)c1cccc(CO)c1I. The molecule has 0 unspecified atom stereocenters. The van der Waals surface area contributed by atoms with Gasteiger partial charge in [-0.3, -0.25) is 4.90 Å². The van der Waals surface area contributed by atoms with Crippen LogP contribution in [-0.4, -0.2) is 24.4 Å². The molecule has 1 aromatic rings. The zero-order valence-corrected chi connectivity index (χ0v) is 13.8. The van der Waals surface area contributed by atoms with Crippen molar-refractivity contribution in [3.63, 3.8) is 0 Å². The summed E-state index contributed by atoms with van der Waals surface area (Å²) in [6.45, 7) is 6.45. The Morgan fingerprint density at radius 1 is 1.55 bits per heavy atom. The summed E-state index contributed by atoms with van der Waals surface area (Å²) in [7, 11) is 0. The van der Waals surface area contributed by atoms with E-state index in [1.165, 1.54) is 4.90 Å². The van der Waals surface area contributed by atoms with Crippen molar-refractivity contribution < 1.29 is 14.6 Å². The van der Waals surface area contributed by atoms with E-state index >= 15 is 0 Å². The van der Waals surface area contributed by atoms with Crippen molar-refractivity contribution in [2.75, 3.05) is 18.1 Å². The molecule has 1 rings (SSSR count). The third-order valence-corrected chi connectivity index (χ3v) is 4.02. The number of rotatable bonds is 7. The van der Waals surface area contributed by atoms with Gasteiger partial charge in [-0.25, -0.2) is 4.79 Å². The maximum absolute atomic E-state index is 12.2. The summed E-state index contributed by atoms with van der Waals surface area (Å²) in [5.41, 5.74) is 1.53. The third-order valence-electron chi connectivity index (χ3n) is 2.77. The highest BCUT2D eigenvalue weighted by Gasteiger charge is 2.19. The van der Waals surface area contributed by atoms with Gasteiger partial charge in [0, 0.05) is 10.1 Å². The molecule has 0 aromatic heterocycles. The predicted octanol–water partition coefficient (Wildman–Crippen LogP) is 3.71. The molecule has 0 spiro atoms. The Balaban J connectivity index is 2.95. The first-order valence-electron chi connectivity index (χ1n) is 6.59. The average Bonchev–Trinajstić information content (AvgIpc) is 2.45. The van der Waals surface area contributed by atoms with Gasteiger partial charge in [-0.1, -0.05) is 31.6 Å². The van der Waals surface area contributed by atoms with Crippen molar-refractivity contribution in [1.82, 2.24) is 0 Å². The molecule has 0 fully saturated rings. The number of ether oxygens (including phenoxy) is 1. The number of unbranched alkanes of at least 4 members (excludes halogenated alkanes) is 1. The van der Waals surface area contributed by atoms with Gasteiger partial charge in [0.1, 0.15) is 0 Å². The van der Waals surface area contributed by atoms with Gasteiger partial charge < -0.3 is 9.84 Å². The number of aliphatic hydroxyl groups is 1. The second kappa shape index (κ2) is 8.97. The maximum atomic E-state index is 12.2. The second-order valence-electron chi connectivity index (χ2n) is 4.28. The summed E-state index contributed by atoms with van der Waals surface area (Å²) in [5, 5.41) is 9.31. The Bertz CT molecular complexity index is 462. The van der Waals surface area contributed by atoms with E-state index in [2.05, 4.69) is 29.2 Å². The monoisotopic (exact) mass is 389 g/mol. The van der Waals surface area contributed by atoms with Crippen molar-refractivity contribution in [1.29, 1.82) is 0 Å². The highest BCUT2D eigenvalue weighted by atomic mass is 127. The number of aliphatic hydroxyl groups excluding tert-OH is 1. The molecule has 0 saturated carbocycles. The molecule has 0 radical (unpaired) electrons. The van der Waals surface area contributed by atoms with Gasteiger partial charge in [0.05, 0.1) is 18.9 Å². The molecule has 1 aromatic carbocycles. The minimum Gasteiger partial charge on any atom is -0.449 e. The summed E-state index contributed by atoms with van der Waals surface area (Å²) in [6, 6.07) is 5.49. The molecule has 0 aliphatic heterocycles. The number of hydrogen-bond acceptors (Lipinski definition) is 3. The number of nitrogens with zero attached hydrogens (tertiary/aromatic N) is 1. The molecule has 0 heterocycles. The van der Waals surface area contributed by atoms with Crippen LogP contribution < -0.4 is 4.90 Å². The quantitative estimate of drug-likeness (QED) is 0.440. The van der Waals surface area contributed by atoms with E-state index in [1.807, 2.05) is 25.1 Å². The van der Waals surface area contributed by atoms with Crippen LogP contribution in [0.1, 0.15) is 25.3 Å². The lowest BCUT2D eigenvalue weighted by Gasteiger charge is -2.23. The number of anilines is 1. The number of carbonyl (C=O) groups is 1. The Kier molecular flexibility index (Phi) is 7.61. The molecule has 0 bridgehead atoms. The van der Waals surface area contributed by atoms with Crippen molar-refractivity contribution in [2.24, 2.45) is 0 Å². The van der Waals surface area contributed by atoms with E-state index in [-0.39, 0.29) is 12.7 Å². The first-order valence-corrected chi connectivity index (χ1v) is 7.67. The van der Waals surface area contributed by atoms with Crippen molar-refractivity contribution >= 4 is 34.4 Å². The third kappa shape index (κ3) is 4.49. The summed E-state index contributed by atoms with van der Waals surface area (Å²) < 4.78 is 6.10. The van der Waals surface area contributed by atoms with Crippen molar-refractivity contribution in [3.8, 4) is 0 Å². The molecule has 1 amide bonds. The first-order chi connectivity index (χ1) is 9.65. The number of carbonyl (C=O) groups excluding carboxylic acids is 1. The van der Waals surface area contributed by atoms with E-state index in [1.54, 1.807) is 6.08 Å². The van der Waals surface area contributed by atoms with Crippen LogP contribution in [0.4, 0.5) is 10.5 Å². The number of amides is 1. The Morgan fingerprint density at radius 3 is 2.90 bits per heavy atom. The van der Waals surface area contributed by atoms with E-state index in [0.29, 0.717) is 13.2 Å². The van der Waals surface area contributed by atoms with Crippen LogP contribution >= 0.6 is 22.6 Å². The molecule has 5 heteroatoms. The second-order valence-corrected chi connectivity index (χ2v) is 5.35. The molecule has 20 heavy (non-hydrogen) atoms. The lowest BCUT2D eigenvalue weighted by atomic mass is 10.2. The largest absolute Gasteiger partial charge is 0.449 e. The van der Waals surface area contributed by atoms with E-state index in [0.717, 1.165) is 27.7 Å². The zero-order valence-electron chi connectivity index (χ0n) is 11.6. The molecule has 110 valence electrons. The molecule has 1 N–H and O–H groups in total. The van der Waals surface area contributed by atoms with E-state index in [4.69, 9.17) is 4.74 Å². The van der Waals surface area contributed by atoms with Crippen molar-refractivity contribution in [2.45, 2.75) is 26.4 Å². The maximum Gasteiger partial charge on any atom is 0.414 e. The fourth-order valence-electron chi connectivity index (χ4n) is 1.68. The predicted molar refractivity (Wildman–Crippen MR) is 88.9 cm³/mol. The Hall–Kier alpha value is -1.08. The van der Waals surface area contributed by atoms with Gasteiger partial charge >= 0.3 is 6.09 Å². The topological polar surface area (TPSA) is 49.8 Å². The summed E-state index contributed by atoms with van der Waals surface area (Å²) in [5.74, 6) is 0. The smallest absolute Gasteiger partial charge is 0.414 e. The average molecular weight is 389 g/mol.